The number of hydrogen-bond acceptors (Lipinski definition) is 4. The number of nitrogens with zero attached hydrogens (tertiary/aromatic N) is 2. The number of aromatic nitrogens is 2. The van der Waals surface area contributed by atoms with Crippen LogP contribution in [-0.4, -0.2) is 17.2 Å². The van der Waals surface area contributed by atoms with E-state index in [1.54, 1.807) is 11.3 Å². The molecule has 1 aromatic heterocycles. The van der Waals surface area contributed by atoms with Crippen LogP contribution in [0.3, 0.4) is 0 Å². The Morgan fingerprint density at radius 1 is 0.789 bits per heavy atom. The zero-order valence-electron chi connectivity index (χ0n) is 10.5. The van der Waals surface area contributed by atoms with Crippen molar-refractivity contribution in [2.45, 2.75) is 0 Å². The summed E-state index contributed by atoms with van der Waals surface area (Å²) in [6.07, 6.45) is 0. The van der Waals surface area contributed by atoms with E-state index in [1.807, 2.05) is 25.2 Å². The molecule has 0 bridgehead atoms. The third-order valence-electron chi connectivity index (χ3n) is 2.88. The Kier molecular flexibility index (Phi) is 3.25. The van der Waals surface area contributed by atoms with Crippen LogP contribution in [0.25, 0.3) is 21.7 Å². The van der Waals surface area contributed by atoms with E-state index in [9.17, 15) is 0 Å². The van der Waals surface area contributed by atoms with Crippen LogP contribution in [0, 0.1) is 0 Å². The summed E-state index contributed by atoms with van der Waals surface area (Å²) in [6.45, 7) is 0. The van der Waals surface area contributed by atoms with Gasteiger partial charge in [0.1, 0.15) is 5.01 Å². The van der Waals surface area contributed by atoms with Gasteiger partial charge in [-0.1, -0.05) is 65.9 Å². The van der Waals surface area contributed by atoms with Crippen LogP contribution in [-0.2, 0) is 0 Å². The third kappa shape index (κ3) is 2.48. The van der Waals surface area contributed by atoms with E-state index in [0.29, 0.717) is 0 Å². The molecule has 1 heterocycles. The highest BCUT2D eigenvalue weighted by atomic mass is 32.1. The van der Waals surface area contributed by atoms with Crippen LogP contribution in [0.2, 0.25) is 0 Å². The second-order valence-electron chi connectivity index (χ2n) is 4.11. The summed E-state index contributed by atoms with van der Waals surface area (Å²) in [6, 6.07) is 18.7. The van der Waals surface area contributed by atoms with Crippen LogP contribution >= 0.6 is 11.3 Å². The Morgan fingerprint density at radius 2 is 1.42 bits per heavy atom. The Labute approximate surface area is 116 Å². The quantitative estimate of drug-likeness (QED) is 0.781. The van der Waals surface area contributed by atoms with Gasteiger partial charge in [0, 0.05) is 12.6 Å². The van der Waals surface area contributed by atoms with E-state index in [2.05, 4.69) is 51.9 Å². The van der Waals surface area contributed by atoms with E-state index in [0.717, 1.165) is 15.7 Å². The molecule has 0 aliphatic heterocycles. The van der Waals surface area contributed by atoms with Gasteiger partial charge in [0.25, 0.3) is 0 Å². The Morgan fingerprint density at radius 3 is 2.05 bits per heavy atom. The molecule has 94 valence electrons. The molecule has 0 spiro atoms. The van der Waals surface area contributed by atoms with Crippen molar-refractivity contribution >= 4 is 16.5 Å². The van der Waals surface area contributed by atoms with Gasteiger partial charge in [-0.2, -0.15) is 0 Å². The van der Waals surface area contributed by atoms with Gasteiger partial charge in [0.05, 0.1) is 0 Å². The van der Waals surface area contributed by atoms with Crippen LogP contribution < -0.4 is 5.32 Å². The summed E-state index contributed by atoms with van der Waals surface area (Å²) in [5.41, 5.74) is 3.53. The largest absolute Gasteiger partial charge is 0.363 e. The molecule has 19 heavy (non-hydrogen) atoms. The van der Waals surface area contributed by atoms with E-state index in [1.165, 1.54) is 11.1 Å². The summed E-state index contributed by atoms with van der Waals surface area (Å²) in [5, 5.41) is 13.0. The van der Waals surface area contributed by atoms with Crippen LogP contribution in [0.4, 0.5) is 5.13 Å². The van der Waals surface area contributed by atoms with Crippen molar-refractivity contribution in [3.63, 3.8) is 0 Å². The molecule has 0 saturated heterocycles. The predicted octanol–water partition coefficient (Wildman–Crippen LogP) is 3.91. The molecule has 0 aliphatic carbocycles. The van der Waals surface area contributed by atoms with Crippen molar-refractivity contribution in [2.75, 3.05) is 12.4 Å². The maximum absolute atomic E-state index is 4.17. The van der Waals surface area contributed by atoms with Gasteiger partial charge in [-0.3, -0.25) is 0 Å². The molecule has 1 N–H and O–H groups in total. The molecule has 4 heteroatoms. The van der Waals surface area contributed by atoms with Crippen molar-refractivity contribution in [3.05, 3.63) is 54.6 Å². The van der Waals surface area contributed by atoms with E-state index in [-0.39, 0.29) is 0 Å². The summed E-state index contributed by atoms with van der Waals surface area (Å²) < 4.78 is 0. The SMILES string of the molecule is CNc1nnc(-c2ccc(-c3ccccc3)cc2)s1. The van der Waals surface area contributed by atoms with Crippen molar-refractivity contribution in [3.8, 4) is 21.7 Å². The highest BCUT2D eigenvalue weighted by Crippen LogP contribution is 2.28. The summed E-state index contributed by atoms with van der Waals surface area (Å²) >= 11 is 1.55. The van der Waals surface area contributed by atoms with Crippen LogP contribution in [0.15, 0.2) is 54.6 Å². The van der Waals surface area contributed by atoms with Gasteiger partial charge in [-0.15, -0.1) is 10.2 Å². The predicted molar refractivity (Wildman–Crippen MR) is 80.3 cm³/mol. The van der Waals surface area contributed by atoms with E-state index in [4.69, 9.17) is 0 Å². The molecule has 0 saturated carbocycles. The fourth-order valence-electron chi connectivity index (χ4n) is 1.88. The Bertz CT molecular complexity index is 659. The van der Waals surface area contributed by atoms with E-state index < -0.39 is 0 Å². The monoisotopic (exact) mass is 267 g/mol. The lowest BCUT2D eigenvalue weighted by atomic mass is 10.0. The molecule has 2 aromatic carbocycles. The first-order valence-electron chi connectivity index (χ1n) is 6.04. The topological polar surface area (TPSA) is 37.8 Å². The first-order chi connectivity index (χ1) is 9.36. The highest BCUT2D eigenvalue weighted by molar-refractivity contribution is 7.18. The second kappa shape index (κ2) is 5.20. The zero-order valence-corrected chi connectivity index (χ0v) is 11.3. The van der Waals surface area contributed by atoms with Gasteiger partial charge in [-0.25, -0.2) is 0 Å². The number of nitrogens with one attached hydrogen (secondary N) is 1. The van der Waals surface area contributed by atoms with Crippen LogP contribution in [0.1, 0.15) is 0 Å². The molecule has 3 aromatic rings. The minimum Gasteiger partial charge on any atom is -0.363 e. The van der Waals surface area contributed by atoms with Crippen LogP contribution in [0.5, 0.6) is 0 Å². The number of hydrogen-bond donors (Lipinski definition) is 1. The molecule has 0 amide bonds. The number of benzene rings is 2. The first-order valence-corrected chi connectivity index (χ1v) is 6.85. The third-order valence-corrected chi connectivity index (χ3v) is 3.87. The minimum absolute atomic E-state index is 0.835. The zero-order chi connectivity index (χ0) is 13.1. The smallest absolute Gasteiger partial charge is 0.205 e. The van der Waals surface area contributed by atoms with Crippen molar-refractivity contribution in [1.29, 1.82) is 0 Å². The maximum Gasteiger partial charge on any atom is 0.205 e. The number of rotatable bonds is 3. The average molecular weight is 267 g/mol. The molecular formula is C15H13N3S. The molecule has 0 fully saturated rings. The standard InChI is InChI=1S/C15H13N3S/c1-16-15-18-17-14(19-15)13-9-7-12(8-10-13)11-5-3-2-4-6-11/h2-10H,1H3,(H,16,18). The molecule has 0 radical (unpaired) electrons. The van der Waals surface area contributed by atoms with Crippen molar-refractivity contribution < 1.29 is 0 Å². The Balaban J connectivity index is 1.90. The molecule has 0 unspecified atom stereocenters. The second-order valence-corrected chi connectivity index (χ2v) is 5.08. The summed E-state index contributed by atoms with van der Waals surface area (Å²) in [4.78, 5) is 0. The lowest BCUT2D eigenvalue weighted by Gasteiger charge is -2.02. The molecule has 0 aliphatic rings. The lowest BCUT2D eigenvalue weighted by molar-refractivity contribution is 1.09. The van der Waals surface area contributed by atoms with Gasteiger partial charge in [0.15, 0.2) is 0 Å². The first kappa shape index (κ1) is 11.9. The summed E-state index contributed by atoms with van der Waals surface area (Å²) in [5.74, 6) is 0. The normalized spacial score (nSPS) is 10.4. The minimum atomic E-state index is 0.835. The maximum atomic E-state index is 4.17. The molecule has 3 rings (SSSR count). The van der Waals surface area contributed by atoms with Crippen molar-refractivity contribution in [2.24, 2.45) is 0 Å². The highest BCUT2D eigenvalue weighted by Gasteiger charge is 2.05. The summed E-state index contributed by atoms with van der Waals surface area (Å²) in [7, 11) is 1.85. The number of anilines is 1. The average Bonchev–Trinajstić information content (AvgIpc) is 2.97. The lowest BCUT2D eigenvalue weighted by Crippen LogP contribution is -1.84. The van der Waals surface area contributed by atoms with Gasteiger partial charge >= 0.3 is 0 Å². The van der Waals surface area contributed by atoms with Gasteiger partial charge < -0.3 is 5.32 Å². The van der Waals surface area contributed by atoms with Gasteiger partial charge in [-0.05, 0) is 11.1 Å². The fraction of sp³-hybridized carbons (Fsp3) is 0.0667. The fourth-order valence-corrected chi connectivity index (χ4v) is 2.58. The Hall–Kier alpha value is -2.20. The van der Waals surface area contributed by atoms with Gasteiger partial charge in [0.2, 0.25) is 5.13 Å². The molecular weight excluding hydrogens is 254 g/mol. The molecule has 3 nitrogen and oxygen atoms in total. The van der Waals surface area contributed by atoms with Crippen molar-refractivity contribution in [1.82, 2.24) is 10.2 Å². The van der Waals surface area contributed by atoms with E-state index >= 15 is 0 Å². The molecule has 0 atom stereocenters.